The number of aryl methyl sites for hydroxylation is 1. The van der Waals surface area contributed by atoms with Gasteiger partial charge in [-0.05, 0) is 17.0 Å². The fourth-order valence-electron chi connectivity index (χ4n) is 2.97. The van der Waals surface area contributed by atoms with Gasteiger partial charge >= 0.3 is 0 Å². The Morgan fingerprint density at radius 3 is 2.78 bits per heavy atom. The van der Waals surface area contributed by atoms with Gasteiger partial charge in [-0.15, -0.1) is 11.3 Å². The summed E-state index contributed by atoms with van der Waals surface area (Å²) in [6.45, 7) is -0.106. The second-order valence-electron chi connectivity index (χ2n) is 6.12. The standard InChI is InChI=1S/C19H17N5O2S/c1-23-9-8-20-17(23)16(13-5-3-2-4-6-13)22-15(25)11-24-12-21-18-14(19(24)26)7-10-27-18/h2-10,12,16H,11H2,1H3,(H,22,25). The number of nitrogens with one attached hydrogen (secondary N) is 1. The van der Waals surface area contributed by atoms with Crippen LogP contribution in [-0.4, -0.2) is 25.0 Å². The van der Waals surface area contributed by atoms with Gasteiger partial charge in [0.2, 0.25) is 5.91 Å². The van der Waals surface area contributed by atoms with Crippen LogP contribution < -0.4 is 10.9 Å². The molecule has 3 heterocycles. The Balaban J connectivity index is 1.61. The summed E-state index contributed by atoms with van der Waals surface area (Å²) < 4.78 is 3.19. The Labute approximate surface area is 158 Å². The van der Waals surface area contributed by atoms with Crippen LogP contribution in [0.3, 0.4) is 0 Å². The van der Waals surface area contributed by atoms with Crippen LogP contribution in [0.2, 0.25) is 0 Å². The van der Waals surface area contributed by atoms with E-state index >= 15 is 0 Å². The number of carbonyl (C=O) groups excluding carboxylic acids is 1. The predicted molar refractivity (Wildman–Crippen MR) is 104 cm³/mol. The topological polar surface area (TPSA) is 81.8 Å². The zero-order valence-electron chi connectivity index (χ0n) is 14.6. The van der Waals surface area contributed by atoms with Crippen LogP contribution in [-0.2, 0) is 18.4 Å². The molecule has 1 N–H and O–H groups in total. The highest BCUT2D eigenvalue weighted by molar-refractivity contribution is 7.16. The van der Waals surface area contributed by atoms with E-state index in [4.69, 9.17) is 0 Å². The summed E-state index contributed by atoms with van der Waals surface area (Å²) in [6, 6.07) is 10.9. The molecule has 0 aliphatic rings. The maximum Gasteiger partial charge on any atom is 0.262 e. The Morgan fingerprint density at radius 2 is 2.04 bits per heavy atom. The molecule has 7 nitrogen and oxygen atoms in total. The summed E-state index contributed by atoms with van der Waals surface area (Å²) in [6.07, 6.45) is 4.94. The van der Waals surface area contributed by atoms with E-state index in [0.29, 0.717) is 16.0 Å². The van der Waals surface area contributed by atoms with Crippen LogP contribution in [0, 0.1) is 0 Å². The van der Waals surface area contributed by atoms with Crippen LogP contribution in [0.5, 0.6) is 0 Å². The van der Waals surface area contributed by atoms with Gasteiger partial charge in [0, 0.05) is 19.4 Å². The number of hydrogen-bond acceptors (Lipinski definition) is 5. The molecule has 4 rings (SSSR count). The highest BCUT2D eigenvalue weighted by Gasteiger charge is 2.21. The molecule has 1 aromatic carbocycles. The summed E-state index contributed by atoms with van der Waals surface area (Å²) in [5.74, 6) is 0.429. The van der Waals surface area contributed by atoms with Crippen LogP contribution in [0.15, 0.2) is 65.3 Å². The molecule has 27 heavy (non-hydrogen) atoms. The Kier molecular flexibility index (Phi) is 4.55. The van der Waals surface area contributed by atoms with Crippen LogP contribution in [0.1, 0.15) is 17.4 Å². The minimum Gasteiger partial charge on any atom is -0.341 e. The average Bonchev–Trinajstić information content (AvgIpc) is 3.32. The first-order valence-electron chi connectivity index (χ1n) is 8.37. The van der Waals surface area contributed by atoms with Gasteiger partial charge in [0.1, 0.15) is 23.2 Å². The fraction of sp³-hybridized carbons (Fsp3) is 0.158. The van der Waals surface area contributed by atoms with Crippen LogP contribution in [0.25, 0.3) is 10.2 Å². The summed E-state index contributed by atoms with van der Waals surface area (Å²) in [7, 11) is 1.88. The first-order valence-corrected chi connectivity index (χ1v) is 9.25. The van der Waals surface area contributed by atoms with Crippen LogP contribution >= 0.6 is 11.3 Å². The molecule has 3 aromatic heterocycles. The van der Waals surface area contributed by atoms with E-state index in [1.807, 2.05) is 53.5 Å². The molecule has 0 fully saturated rings. The number of rotatable bonds is 5. The van der Waals surface area contributed by atoms with Gasteiger partial charge in [-0.2, -0.15) is 0 Å². The fourth-order valence-corrected chi connectivity index (χ4v) is 3.69. The van der Waals surface area contributed by atoms with Gasteiger partial charge in [0.15, 0.2) is 0 Å². The molecule has 0 aliphatic carbocycles. The van der Waals surface area contributed by atoms with Gasteiger partial charge in [-0.3, -0.25) is 14.2 Å². The third-order valence-electron chi connectivity index (χ3n) is 4.32. The first-order chi connectivity index (χ1) is 13.1. The SMILES string of the molecule is Cn1ccnc1C(NC(=O)Cn1cnc2sccc2c1=O)c1ccccc1. The molecule has 8 heteroatoms. The molecule has 4 aromatic rings. The molecule has 1 unspecified atom stereocenters. The second-order valence-corrected chi connectivity index (χ2v) is 7.02. The molecule has 1 amide bonds. The molecule has 0 radical (unpaired) electrons. The third kappa shape index (κ3) is 3.39. The quantitative estimate of drug-likeness (QED) is 0.576. The van der Waals surface area contributed by atoms with Gasteiger partial charge in [0.05, 0.1) is 11.7 Å². The number of hydrogen-bond donors (Lipinski definition) is 1. The van der Waals surface area contributed by atoms with E-state index in [-0.39, 0.29) is 18.0 Å². The van der Waals surface area contributed by atoms with Crippen LogP contribution in [0.4, 0.5) is 0 Å². The lowest BCUT2D eigenvalue weighted by atomic mass is 10.1. The first kappa shape index (κ1) is 17.2. The van der Waals surface area contributed by atoms with E-state index in [1.54, 1.807) is 12.3 Å². The number of benzene rings is 1. The number of amides is 1. The number of carbonyl (C=O) groups is 1. The summed E-state index contributed by atoms with van der Waals surface area (Å²) >= 11 is 1.40. The number of nitrogens with zero attached hydrogens (tertiary/aromatic N) is 4. The van der Waals surface area contributed by atoms with Crippen molar-refractivity contribution in [1.29, 1.82) is 0 Å². The van der Waals surface area contributed by atoms with Gasteiger partial charge in [0.25, 0.3) is 5.56 Å². The van der Waals surface area contributed by atoms with Crippen molar-refractivity contribution >= 4 is 27.5 Å². The third-order valence-corrected chi connectivity index (χ3v) is 5.14. The van der Waals surface area contributed by atoms with Crippen molar-refractivity contribution in [2.45, 2.75) is 12.6 Å². The maximum atomic E-state index is 12.7. The van der Waals surface area contributed by atoms with E-state index in [2.05, 4.69) is 15.3 Å². The smallest absolute Gasteiger partial charge is 0.262 e. The van der Waals surface area contributed by atoms with E-state index in [1.165, 1.54) is 22.2 Å². The van der Waals surface area contributed by atoms with Crippen molar-refractivity contribution in [2.75, 3.05) is 0 Å². The molecule has 0 spiro atoms. The number of imidazole rings is 1. The molecule has 1 atom stereocenters. The zero-order valence-corrected chi connectivity index (χ0v) is 15.4. The average molecular weight is 379 g/mol. The number of thiophene rings is 1. The second kappa shape index (κ2) is 7.16. The van der Waals surface area contributed by atoms with Crippen molar-refractivity contribution in [2.24, 2.45) is 7.05 Å². The highest BCUT2D eigenvalue weighted by Crippen LogP contribution is 2.20. The highest BCUT2D eigenvalue weighted by atomic mass is 32.1. The summed E-state index contributed by atoms with van der Waals surface area (Å²) in [5, 5.41) is 5.33. The molecule has 0 bridgehead atoms. The van der Waals surface area contributed by atoms with Gasteiger partial charge < -0.3 is 9.88 Å². The molecule has 136 valence electrons. The van der Waals surface area contributed by atoms with Gasteiger partial charge in [-0.25, -0.2) is 9.97 Å². The molecule has 0 saturated heterocycles. The molecular weight excluding hydrogens is 362 g/mol. The van der Waals surface area contributed by atoms with E-state index in [0.717, 1.165) is 5.56 Å². The van der Waals surface area contributed by atoms with Crippen molar-refractivity contribution in [3.63, 3.8) is 0 Å². The molecular formula is C19H17N5O2S. The van der Waals surface area contributed by atoms with Crippen molar-refractivity contribution in [1.82, 2.24) is 24.4 Å². The molecule has 0 saturated carbocycles. The minimum atomic E-state index is -0.410. The van der Waals surface area contributed by atoms with E-state index in [9.17, 15) is 9.59 Å². The minimum absolute atomic E-state index is 0.106. The van der Waals surface area contributed by atoms with Crippen molar-refractivity contribution in [3.05, 3.63) is 82.2 Å². The van der Waals surface area contributed by atoms with Gasteiger partial charge in [-0.1, -0.05) is 30.3 Å². The lowest BCUT2D eigenvalue weighted by Gasteiger charge is -2.19. The summed E-state index contributed by atoms with van der Waals surface area (Å²) in [4.78, 5) is 34.5. The molecule has 0 aliphatic heterocycles. The van der Waals surface area contributed by atoms with Crippen molar-refractivity contribution in [3.8, 4) is 0 Å². The monoisotopic (exact) mass is 379 g/mol. The van der Waals surface area contributed by atoms with Crippen molar-refractivity contribution < 1.29 is 4.79 Å². The maximum absolute atomic E-state index is 12.7. The largest absolute Gasteiger partial charge is 0.341 e. The number of fused-ring (bicyclic) bond motifs is 1. The predicted octanol–water partition coefficient (Wildman–Crippen LogP) is 2.10. The number of aromatic nitrogens is 4. The lowest BCUT2D eigenvalue weighted by molar-refractivity contribution is -0.122. The zero-order chi connectivity index (χ0) is 18.8. The lowest BCUT2D eigenvalue weighted by Crippen LogP contribution is -2.36. The Hall–Kier alpha value is -3.26. The summed E-state index contributed by atoms with van der Waals surface area (Å²) in [5.41, 5.74) is 0.698. The normalized spacial score (nSPS) is 12.2. The van der Waals surface area contributed by atoms with E-state index < -0.39 is 6.04 Å². The Morgan fingerprint density at radius 1 is 1.22 bits per heavy atom. The Bertz CT molecular complexity index is 1150.